The van der Waals surface area contributed by atoms with Gasteiger partial charge in [-0.2, -0.15) is 0 Å². The van der Waals surface area contributed by atoms with Gasteiger partial charge in [0.05, 0.1) is 10.2 Å². The summed E-state index contributed by atoms with van der Waals surface area (Å²) in [7, 11) is 0. The van der Waals surface area contributed by atoms with Crippen LogP contribution in [0.1, 0.15) is 0 Å². The van der Waals surface area contributed by atoms with Gasteiger partial charge in [0.2, 0.25) is 0 Å². The zero-order chi connectivity index (χ0) is 13.4. The number of fused-ring (bicyclic) bond motifs is 1. The zero-order valence-electron chi connectivity index (χ0n) is 9.58. The number of nitrogens with zero attached hydrogens (tertiary/aromatic N) is 2. The standard InChI is InChI=1S/C11H9N5OS2/c12-5-1-2-6-7(3-5)18-11(14-6)19-10-15-8(13)4-9(17)16-10/h1-4H,12H2,(H3,13,15,16,17). The Balaban J connectivity index is 1.98. The lowest BCUT2D eigenvalue weighted by Gasteiger charge is -1.97. The van der Waals surface area contributed by atoms with Crippen molar-refractivity contribution in [1.82, 2.24) is 15.0 Å². The lowest BCUT2D eigenvalue weighted by Crippen LogP contribution is -2.09. The second-order valence-electron chi connectivity index (χ2n) is 3.78. The summed E-state index contributed by atoms with van der Waals surface area (Å²) in [5, 5.41) is 0.428. The number of thiazole rings is 1. The lowest BCUT2D eigenvalue weighted by atomic mass is 10.3. The summed E-state index contributed by atoms with van der Waals surface area (Å²) in [6.07, 6.45) is 0. The van der Waals surface area contributed by atoms with E-state index in [1.54, 1.807) is 6.07 Å². The number of H-pyrrole nitrogens is 1. The number of nitrogen functional groups attached to an aromatic ring is 2. The van der Waals surface area contributed by atoms with Gasteiger partial charge in [-0.25, -0.2) is 9.97 Å². The fourth-order valence-corrected chi connectivity index (χ4v) is 3.58. The van der Waals surface area contributed by atoms with Crippen LogP contribution in [0.25, 0.3) is 10.2 Å². The molecule has 0 spiro atoms. The van der Waals surface area contributed by atoms with Gasteiger partial charge < -0.3 is 16.5 Å². The number of rotatable bonds is 2. The molecule has 19 heavy (non-hydrogen) atoms. The van der Waals surface area contributed by atoms with E-state index in [4.69, 9.17) is 11.5 Å². The number of hydrogen-bond donors (Lipinski definition) is 3. The van der Waals surface area contributed by atoms with Gasteiger partial charge in [0, 0.05) is 11.8 Å². The summed E-state index contributed by atoms with van der Waals surface area (Å²) in [4.78, 5) is 22.4. The second kappa shape index (κ2) is 4.56. The minimum absolute atomic E-state index is 0.191. The molecule has 5 N–H and O–H groups in total. The number of nitrogens with one attached hydrogen (secondary N) is 1. The van der Waals surface area contributed by atoms with Crippen molar-refractivity contribution in [3.05, 3.63) is 34.6 Å². The van der Waals surface area contributed by atoms with Crippen LogP contribution in [0.15, 0.2) is 38.6 Å². The van der Waals surface area contributed by atoms with Crippen molar-refractivity contribution >= 4 is 44.8 Å². The molecule has 96 valence electrons. The van der Waals surface area contributed by atoms with Crippen LogP contribution in [0.5, 0.6) is 0 Å². The molecule has 0 fully saturated rings. The summed E-state index contributed by atoms with van der Waals surface area (Å²) in [6.45, 7) is 0. The number of benzene rings is 1. The number of anilines is 2. The van der Waals surface area contributed by atoms with Crippen molar-refractivity contribution in [1.29, 1.82) is 0 Å². The van der Waals surface area contributed by atoms with Crippen molar-refractivity contribution in [3.8, 4) is 0 Å². The van der Waals surface area contributed by atoms with Gasteiger partial charge in [-0.05, 0) is 30.0 Å². The molecule has 2 heterocycles. The van der Waals surface area contributed by atoms with Crippen molar-refractivity contribution in [2.45, 2.75) is 9.50 Å². The number of nitrogens with two attached hydrogens (primary N) is 2. The SMILES string of the molecule is Nc1ccc2nc(Sc3nc(N)cc(=O)[nH]3)sc2c1. The molecule has 0 bridgehead atoms. The van der Waals surface area contributed by atoms with Crippen molar-refractivity contribution in [3.63, 3.8) is 0 Å². The molecular weight excluding hydrogens is 282 g/mol. The Bertz CT molecular complexity index is 810. The van der Waals surface area contributed by atoms with E-state index in [2.05, 4.69) is 15.0 Å². The summed E-state index contributed by atoms with van der Waals surface area (Å²) < 4.78 is 1.77. The molecule has 0 saturated heterocycles. The molecular formula is C11H9N5OS2. The maximum absolute atomic E-state index is 11.3. The molecule has 0 atom stereocenters. The van der Waals surface area contributed by atoms with E-state index < -0.39 is 0 Å². The first kappa shape index (κ1) is 12.0. The van der Waals surface area contributed by atoms with Crippen LogP contribution in [0, 0.1) is 0 Å². The van der Waals surface area contributed by atoms with Crippen LogP contribution in [-0.4, -0.2) is 15.0 Å². The number of aromatic nitrogens is 3. The van der Waals surface area contributed by atoms with Gasteiger partial charge in [-0.1, -0.05) is 0 Å². The van der Waals surface area contributed by atoms with Crippen molar-refractivity contribution in [2.75, 3.05) is 11.5 Å². The van der Waals surface area contributed by atoms with Gasteiger partial charge >= 0.3 is 0 Å². The van der Waals surface area contributed by atoms with Crippen LogP contribution in [0.2, 0.25) is 0 Å². The van der Waals surface area contributed by atoms with Gasteiger partial charge in [-0.15, -0.1) is 11.3 Å². The molecule has 2 aromatic heterocycles. The first-order valence-electron chi connectivity index (χ1n) is 5.31. The predicted octanol–water partition coefficient (Wildman–Crippen LogP) is 1.70. The van der Waals surface area contributed by atoms with E-state index >= 15 is 0 Å². The largest absolute Gasteiger partial charge is 0.399 e. The Kier molecular flexibility index (Phi) is 2.88. The molecule has 0 aliphatic heterocycles. The molecule has 1 aromatic carbocycles. The van der Waals surface area contributed by atoms with Crippen LogP contribution in [-0.2, 0) is 0 Å². The molecule has 0 aliphatic carbocycles. The highest BCUT2D eigenvalue weighted by atomic mass is 32.2. The van der Waals surface area contributed by atoms with Gasteiger partial charge in [0.15, 0.2) is 9.50 Å². The molecule has 6 nitrogen and oxygen atoms in total. The normalized spacial score (nSPS) is 10.9. The average Bonchev–Trinajstić information content (AvgIpc) is 2.68. The highest BCUT2D eigenvalue weighted by Crippen LogP contribution is 2.33. The summed E-state index contributed by atoms with van der Waals surface area (Å²) >= 11 is 2.75. The lowest BCUT2D eigenvalue weighted by molar-refractivity contribution is 0.944. The first-order chi connectivity index (χ1) is 9.10. The highest BCUT2D eigenvalue weighted by Gasteiger charge is 2.08. The molecule has 0 amide bonds. The van der Waals surface area contributed by atoms with E-state index in [1.807, 2.05) is 12.1 Å². The Hall–Kier alpha value is -2.06. The maximum Gasteiger partial charge on any atom is 0.253 e. The Morgan fingerprint density at radius 3 is 2.84 bits per heavy atom. The quantitative estimate of drug-likeness (QED) is 0.489. The highest BCUT2D eigenvalue weighted by molar-refractivity contribution is 8.01. The molecule has 0 unspecified atom stereocenters. The third-order valence-electron chi connectivity index (χ3n) is 2.32. The molecule has 3 aromatic rings. The molecule has 0 aliphatic rings. The molecule has 3 rings (SSSR count). The molecule has 0 radical (unpaired) electrons. The minimum Gasteiger partial charge on any atom is -0.399 e. The van der Waals surface area contributed by atoms with Crippen LogP contribution in [0.4, 0.5) is 11.5 Å². The van der Waals surface area contributed by atoms with E-state index in [0.717, 1.165) is 14.6 Å². The third kappa shape index (κ3) is 2.54. The minimum atomic E-state index is -0.277. The Morgan fingerprint density at radius 2 is 2.05 bits per heavy atom. The summed E-state index contributed by atoms with van der Waals surface area (Å²) in [5.41, 5.74) is 12.5. The Labute approximate surface area is 115 Å². The monoisotopic (exact) mass is 291 g/mol. The fraction of sp³-hybridized carbons (Fsp3) is 0. The average molecular weight is 291 g/mol. The van der Waals surface area contributed by atoms with E-state index in [0.29, 0.717) is 10.8 Å². The Morgan fingerprint density at radius 1 is 1.21 bits per heavy atom. The zero-order valence-corrected chi connectivity index (χ0v) is 11.2. The predicted molar refractivity (Wildman–Crippen MR) is 77.4 cm³/mol. The van der Waals surface area contributed by atoms with Gasteiger partial charge in [0.1, 0.15) is 5.82 Å². The van der Waals surface area contributed by atoms with E-state index in [9.17, 15) is 4.79 Å². The molecule has 8 heteroatoms. The smallest absolute Gasteiger partial charge is 0.253 e. The first-order valence-corrected chi connectivity index (χ1v) is 6.94. The van der Waals surface area contributed by atoms with Crippen LogP contribution < -0.4 is 17.0 Å². The summed E-state index contributed by atoms with van der Waals surface area (Å²) in [6, 6.07) is 6.77. The fourth-order valence-electron chi connectivity index (χ4n) is 1.55. The van der Waals surface area contributed by atoms with Gasteiger partial charge in [-0.3, -0.25) is 4.79 Å². The topological polar surface area (TPSA) is 111 Å². The van der Waals surface area contributed by atoms with Crippen LogP contribution in [0.3, 0.4) is 0 Å². The second-order valence-corrected chi connectivity index (χ2v) is 6.05. The van der Waals surface area contributed by atoms with Crippen molar-refractivity contribution in [2.24, 2.45) is 0 Å². The number of hydrogen-bond acceptors (Lipinski definition) is 7. The van der Waals surface area contributed by atoms with Gasteiger partial charge in [0.25, 0.3) is 5.56 Å². The van der Waals surface area contributed by atoms with E-state index in [-0.39, 0.29) is 11.4 Å². The molecule has 0 saturated carbocycles. The number of aromatic amines is 1. The third-order valence-corrected chi connectivity index (χ3v) is 4.28. The maximum atomic E-state index is 11.3. The van der Waals surface area contributed by atoms with E-state index in [1.165, 1.54) is 29.2 Å². The summed E-state index contributed by atoms with van der Waals surface area (Å²) in [5.74, 6) is 0.191. The van der Waals surface area contributed by atoms with Crippen molar-refractivity contribution < 1.29 is 0 Å². The van der Waals surface area contributed by atoms with Crippen LogP contribution >= 0.6 is 23.1 Å².